The molecule has 2 aromatic carbocycles. The van der Waals surface area contributed by atoms with Crippen LogP contribution in [0.2, 0.25) is 0 Å². The number of hydrogen-bond acceptors (Lipinski definition) is 3. The maximum atomic E-state index is 13.9. The van der Waals surface area contributed by atoms with Gasteiger partial charge in [-0.2, -0.15) is 0 Å². The standard InChI is InChI=1S/C18H13F2N3O3/c1-9(24)21-15-8-16(13(20)7-12(15)19)23-18(26)11-6-10-4-2-3-5-14(10)22-17(11)25/h2-8,11H,1H3,(H,21,24)(H,23,26). The SMILES string of the molecule is CC(=O)Nc1cc(NC(=O)C2C=c3ccccc3=NC2=O)c(F)cc1F. The smallest absolute Gasteiger partial charge is 0.262 e. The first kappa shape index (κ1) is 17.4. The van der Waals surface area contributed by atoms with Crippen molar-refractivity contribution in [1.29, 1.82) is 0 Å². The molecule has 6 nitrogen and oxygen atoms in total. The van der Waals surface area contributed by atoms with Crippen LogP contribution in [0.5, 0.6) is 0 Å². The van der Waals surface area contributed by atoms with E-state index in [1.807, 2.05) is 0 Å². The molecule has 0 fully saturated rings. The number of benzene rings is 2. The molecule has 3 rings (SSSR count). The summed E-state index contributed by atoms with van der Waals surface area (Å²) in [5, 5.41) is 5.48. The zero-order valence-corrected chi connectivity index (χ0v) is 13.5. The van der Waals surface area contributed by atoms with Crippen molar-refractivity contribution in [2.75, 3.05) is 10.6 Å². The molecule has 0 saturated heterocycles. The fraction of sp³-hybridized carbons (Fsp3) is 0.111. The minimum absolute atomic E-state index is 0.289. The van der Waals surface area contributed by atoms with Crippen molar-refractivity contribution in [2.45, 2.75) is 6.92 Å². The molecular weight excluding hydrogens is 344 g/mol. The van der Waals surface area contributed by atoms with Crippen LogP contribution in [0, 0.1) is 17.6 Å². The predicted molar refractivity (Wildman–Crippen MR) is 89.5 cm³/mol. The van der Waals surface area contributed by atoms with E-state index in [0.29, 0.717) is 16.6 Å². The largest absolute Gasteiger partial charge is 0.324 e. The van der Waals surface area contributed by atoms with Crippen molar-refractivity contribution < 1.29 is 23.2 Å². The molecule has 26 heavy (non-hydrogen) atoms. The highest BCUT2D eigenvalue weighted by Crippen LogP contribution is 2.24. The third-order valence-electron chi connectivity index (χ3n) is 3.69. The number of carbonyl (C=O) groups excluding carboxylic acids is 3. The summed E-state index contributed by atoms with van der Waals surface area (Å²) in [6.07, 6.45) is 1.43. The lowest BCUT2D eigenvalue weighted by molar-refractivity contribution is -0.128. The first-order valence-electron chi connectivity index (χ1n) is 7.62. The molecule has 1 aliphatic rings. The molecule has 1 heterocycles. The Bertz CT molecular complexity index is 1050. The van der Waals surface area contributed by atoms with E-state index in [4.69, 9.17) is 0 Å². The molecule has 3 amide bonds. The fourth-order valence-electron chi connectivity index (χ4n) is 2.50. The van der Waals surface area contributed by atoms with Gasteiger partial charge in [0, 0.05) is 13.0 Å². The summed E-state index contributed by atoms with van der Waals surface area (Å²) in [4.78, 5) is 39.4. The number of carbonyl (C=O) groups is 3. The van der Waals surface area contributed by atoms with Crippen molar-refractivity contribution in [3.63, 3.8) is 0 Å². The minimum atomic E-state index is -1.24. The molecular formula is C18H13F2N3O3. The van der Waals surface area contributed by atoms with Crippen LogP contribution < -0.4 is 21.2 Å². The number of anilines is 2. The molecule has 0 spiro atoms. The molecule has 0 saturated carbocycles. The summed E-state index contributed by atoms with van der Waals surface area (Å²) in [5.41, 5.74) is -0.650. The number of halogens is 2. The Morgan fingerprint density at radius 1 is 1.04 bits per heavy atom. The molecule has 1 aliphatic heterocycles. The van der Waals surface area contributed by atoms with Gasteiger partial charge in [-0.05, 0) is 17.4 Å². The van der Waals surface area contributed by atoms with Crippen LogP contribution in [0.25, 0.3) is 6.08 Å². The van der Waals surface area contributed by atoms with Crippen LogP contribution in [-0.4, -0.2) is 17.7 Å². The van der Waals surface area contributed by atoms with E-state index < -0.39 is 35.3 Å². The topological polar surface area (TPSA) is 87.6 Å². The molecule has 8 heteroatoms. The number of amides is 3. The highest BCUT2D eigenvalue weighted by molar-refractivity contribution is 6.11. The van der Waals surface area contributed by atoms with Gasteiger partial charge in [-0.15, -0.1) is 0 Å². The van der Waals surface area contributed by atoms with Crippen LogP contribution in [-0.2, 0) is 14.4 Å². The van der Waals surface area contributed by atoms with Crippen molar-refractivity contribution >= 4 is 35.2 Å². The molecule has 0 radical (unpaired) electrons. The van der Waals surface area contributed by atoms with E-state index in [9.17, 15) is 23.2 Å². The van der Waals surface area contributed by atoms with Crippen molar-refractivity contribution in [2.24, 2.45) is 10.9 Å². The summed E-state index contributed by atoms with van der Waals surface area (Å²) >= 11 is 0. The second-order valence-electron chi connectivity index (χ2n) is 5.64. The quantitative estimate of drug-likeness (QED) is 0.807. The Kier molecular flexibility index (Phi) is 4.57. The second kappa shape index (κ2) is 6.83. The van der Waals surface area contributed by atoms with Gasteiger partial charge in [-0.25, -0.2) is 13.8 Å². The molecule has 0 bridgehead atoms. The van der Waals surface area contributed by atoms with Gasteiger partial charge in [0.15, 0.2) is 0 Å². The van der Waals surface area contributed by atoms with Crippen LogP contribution in [0.3, 0.4) is 0 Å². The summed E-state index contributed by atoms with van der Waals surface area (Å²) in [7, 11) is 0. The molecule has 1 atom stereocenters. The average Bonchev–Trinajstić information content (AvgIpc) is 2.58. The molecule has 0 aromatic heterocycles. The first-order valence-corrected chi connectivity index (χ1v) is 7.62. The highest BCUT2D eigenvalue weighted by Gasteiger charge is 2.27. The number of para-hydroxylation sites is 1. The minimum Gasteiger partial charge on any atom is -0.324 e. The molecule has 1 unspecified atom stereocenters. The Morgan fingerprint density at radius 2 is 1.69 bits per heavy atom. The molecule has 0 aliphatic carbocycles. The van der Waals surface area contributed by atoms with E-state index >= 15 is 0 Å². The van der Waals surface area contributed by atoms with Gasteiger partial charge in [0.05, 0.1) is 16.7 Å². The van der Waals surface area contributed by atoms with Crippen LogP contribution >= 0.6 is 0 Å². The van der Waals surface area contributed by atoms with Crippen LogP contribution in [0.15, 0.2) is 41.4 Å². The normalized spacial score (nSPS) is 15.3. The summed E-state index contributed by atoms with van der Waals surface area (Å²) in [6, 6.07) is 8.25. The van der Waals surface area contributed by atoms with Gasteiger partial charge in [-0.3, -0.25) is 14.4 Å². The monoisotopic (exact) mass is 357 g/mol. The number of fused-ring (bicyclic) bond motifs is 1. The zero-order valence-electron chi connectivity index (χ0n) is 13.5. The summed E-state index contributed by atoms with van der Waals surface area (Å²) in [5.74, 6) is -5.32. The Hall–Kier alpha value is -3.42. The van der Waals surface area contributed by atoms with Crippen molar-refractivity contribution in [3.05, 3.63) is 58.6 Å². The molecule has 2 aromatic rings. The van der Waals surface area contributed by atoms with Crippen LogP contribution in [0.4, 0.5) is 20.2 Å². The van der Waals surface area contributed by atoms with Gasteiger partial charge in [0.1, 0.15) is 17.6 Å². The average molecular weight is 357 g/mol. The number of rotatable bonds is 3. The summed E-state index contributed by atoms with van der Waals surface area (Å²) in [6.45, 7) is 1.16. The van der Waals surface area contributed by atoms with Gasteiger partial charge in [0.25, 0.3) is 5.91 Å². The summed E-state index contributed by atoms with van der Waals surface area (Å²) < 4.78 is 27.6. The Morgan fingerprint density at radius 3 is 2.38 bits per heavy atom. The van der Waals surface area contributed by atoms with Crippen molar-refractivity contribution in [3.8, 4) is 0 Å². The van der Waals surface area contributed by atoms with E-state index in [-0.39, 0.29) is 11.4 Å². The lowest BCUT2D eigenvalue weighted by Gasteiger charge is -2.14. The number of hydrogen-bond donors (Lipinski definition) is 2. The number of nitrogens with zero attached hydrogens (tertiary/aromatic N) is 1. The third-order valence-corrected chi connectivity index (χ3v) is 3.69. The lowest BCUT2D eigenvalue weighted by atomic mass is 10.0. The zero-order chi connectivity index (χ0) is 18.8. The van der Waals surface area contributed by atoms with Crippen LogP contribution in [0.1, 0.15) is 6.92 Å². The highest BCUT2D eigenvalue weighted by atomic mass is 19.1. The first-order chi connectivity index (χ1) is 12.3. The lowest BCUT2D eigenvalue weighted by Crippen LogP contribution is -2.38. The molecule has 2 N–H and O–H groups in total. The van der Waals surface area contributed by atoms with Gasteiger partial charge >= 0.3 is 0 Å². The Labute approximate surface area is 146 Å². The fourth-order valence-corrected chi connectivity index (χ4v) is 2.50. The maximum absolute atomic E-state index is 13.9. The van der Waals surface area contributed by atoms with Gasteiger partial charge < -0.3 is 10.6 Å². The Balaban J connectivity index is 1.90. The second-order valence-corrected chi connectivity index (χ2v) is 5.64. The third kappa shape index (κ3) is 3.49. The predicted octanol–water partition coefficient (Wildman–Crippen LogP) is 1.12. The number of nitrogens with one attached hydrogen (secondary N) is 2. The maximum Gasteiger partial charge on any atom is 0.262 e. The van der Waals surface area contributed by atoms with Crippen molar-refractivity contribution in [1.82, 2.24) is 0 Å². The van der Waals surface area contributed by atoms with E-state index in [0.717, 1.165) is 13.0 Å². The van der Waals surface area contributed by atoms with E-state index in [1.165, 1.54) is 6.08 Å². The van der Waals surface area contributed by atoms with E-state index in [2.05, 4.69) is 15.6 Å². The molecule has 132 valence electrons. The van der Waals surface area contributed by atoms with Gasteiger partial charge in [-0.1, -0.05) is 24.3 Å². The van der Waals surface area contributed by atoms with E-state index in [1.54, 1.807) is 24.3 Å². The van der Waals surface area contributed by atoms with Gasteiger partial charge in [0.2, 0.25) is 11.8 Å².